The van der Waals surface area contributed by atoms with Gasteiger partial charge >= 0.3 is 0 Å². The summed E-state index contributed by atoms with van der Waals surface area (Å²) in [5.74, 6) is 0.437. The number of hydrogen-bond donors (Lipinski definition) is 1. The molecule has 3 unspecified atom stereocenters. The minimum Gasteiger partial charge on any atom is -0.368 e. The van der Waals surface area contributed by atoms with Gasteiger partial charge in [-0.15, -0.1) is 0 Å². The molecule has 1 aliphatic carbocycles. The Kier molecular flexibility index (Phi) is 2.81. The lowest BCUT2D eigenvalue weighted by Crippen LogP contribution is -2.70. The van der Waals surface area contributed by atoms with Gasteiger partial charge in [0.15, 0.2) is 18.2 Å². The highest BCUT2D eigenvalue weighted by Crippen LogP contribution is 2.60. The quantitative estimate of drug-likeness (QED) is 0.691. The van der Waals surface area contributed by atoms with Crippen LogP contribution in [0.25, 0.3) is 0 Å². The molecule has 5 nitrogen and oxygen atoms in total. The number of fused-ring (bicyclic) bond motifs is 2. The van der Waals surface area contributed by atoms with Crippen molar-refractivity contribution in [1.82, 2.24) is 0 Å². The Hall–Kier alpha value is -0.200. The summed E-state index contributed by atoms with van der Waals surface area (Å²) < 4.78 is 11.9. The van der Waals surface area contributed by atoms with Crippen molar-refractivity contribution in [3.8, 4) is 0 Å². The zero-order chi connectivity index (χ0) is 14.1. The topological polar surface area (TPSA) is 57.2 Å². The molecule has 4 heterocycles. The van der Waals surface area contributed by atoms with E-state index in [0.29, 0.717) is 11.8 Å². The second-order valence-electron chi connectivity index (χ2n) is 7.30. The minimum atomic E-state index is -0.781. The van der Waals surface area contributed by atoms with Crippen molar-refractivity contribution in [3.63, 3.8) is 0 Å². The summed E-state index contributed by atoms with van der Waals surface area (Å²) in [6.07, 6.45) is 2.72. The molecule has 0 aromatic heterocycles. The maximum absolute atomic E-state index is 10.2. The van der Waals surface area contributed by atoms with Crippen molar-refractivity contribution in [3.05, 3.63) is 0 Å². The van der Waals surface area contributed by atoms with Gasteiger partial charge in [-0.05, 0) is 38.0 Å². The average Bonchev–Trinajstić information content (AvgIpc) is 2.63. The SMILES string of the molecule is C[C@H]1[C@@H](O)OC2O[C@]3(C)CCC4[C@H](C)CC[C@@H]1C24OO3. The molecule has 0 radical (unpaired) electrons. The van der Waals surface area contributed by atoms with Crippen LogP contribution in [-0.2, 0) is 19.2 Å². The highest BCUT2D eigenvalue weighted by Gasteiger charge is 2.69. The third-order valence-electron chi connectivity index (χ3n) is 6.12. The van der Waals surface area contributed by atoms with Crippen LogP contribution in [0.5, 0.6) is 0 Å². The Morgan fingerprint density at radius 1 is 1.05 bits per heavy atom. The van der Waals surface area contributed by atoms with Crippen LogP contribution in [0, 0.1) is 23.7 Å². The second-order valence-corrected chi connectivity index (χ2v) is 7.30. The first-order valence-electron chi connectivity index (χ1n) is 7.84. The molecule has 5 rings (SSSR count). The largest absolute Gasteiger partial charge is 0.368 e. The number of aliphatic hydroxyl groups excluding tert-OH is 1. The molecule has 0 aromatic carbocycles. The van der Waals surface area contributed by atoms with Gasteiger partial charge in [-0.25, -0.2) is 9.78 Å². The van der Waals surface area contributed by atoms with Crippen molar-refractivity contribution < 1.29 is 24.4 Å². The predicted octanol–water partition coefficient (Wildman–Crippen LogP) is 2.19. The van der Waals surface area contributed by atoms with Crippen LogP contribution in [0.2, 0.25) is 0 Å². The first-order chi connectivity index (χ1) is 9.46. The van der Waals surface area contributed by atoms with E-state index in [2.05, 4.69) is 6.92 Å². The van der Waals surface area contributed by atoms with E-state index in [9.17, 15) is 5.11 Å². The molecular formula is C15H24O5. The molecule has 0 amide bonds. The molecule has 5 heteroatoms. The molecule has 5 aliphatic rings. The zero-order valence-corrected chi connectivity index (χ0v) is 12.4. The van der Waals surface area contributed by atoms with E-state index >= 15 is 0 Å². The van der Waals surface area contributed by atoms with E-state index in [1.807, 2.05) is 13.8 Å². The van der Waals surface area contributed by atoms with E-state index in [1.54, 1.807) is 0 Å². The smallest absolute Gasteiger partial charge is 0.201 e. The van der Waals surface area contributed by atoms with Crippen LogP contribution < -0.4 is 0 Å². The number of hydrogen-bond acceptors (Lipinski definition) is 5. The summed E-state index contributed by atoms with van der Waals surface area (Å²) in [5.41, 5.74) is -0.549. The van der Waals surface area contributed by atoms with E-state index in [-0.39, 0.29) is 11.8 Å². The molecule has 8 atom stereocenters. The molecular weight excluding hydrogens is 260 g/mol. The summed E-state index contributed by atoms with van der Waals surface area (Å²) in [6.45, 7) is 6.22. The Labute approximate surface area is 119 Å². The maximum atomic E-state index is 10.2. The summed E-state index contributed by atoms with van der Waals surface area (Å²) in [5, 5.41) is 10.2. The van der Waals surface area contributed by atoms with E-state index in [1.165, 1.54) is 6.42 Å². The molecule has 20 heavy (non-hydrogen) atoms. The third kappa shape index (κ3) is 1.56. The third-order valence-corrected chi connectivity index (χ3v) is 6.12. The Morgan fingerprint density at radius 2 is 1.85 bits per heavy atom. The van der Waals surface area contributed by atoms with Gasteiger partial charge in [-0.2, -0.15) is 0 Å². The Morgan fingerprint density at radius 3 is 2.65 bits per heavy atom. The number of aliphatic hydroxyl groups is 1. The lowest BCUT2D eigenvalue weighted by atomic mass is 9.58. The van der Waals surface area contributed by atoms with Crippen molar-refractivity contribution >= 4 is 0 Å². The van der Waals surface area contributed by atoms with Gasteiger partial charge in [-0.1, -0.05) is 13.8 Å². The molecule has 1 saturated carbocycles. The molecule has 1 N–H and O–H groups in total. The lowest BCUT2D eigenvalue weighted by molar-refractivity contribution is -0.576. The summed E-state index contributed by atoms with van der Waals surface area (Å²) in [4.78, 5) is 11.6. The van der Waals surface area contributed by atoms with Crippen molar-refractivity contribution in [2.24, 2.45) is 23.7 Å². The maximum Gasteiger partial charge on any atom is 0.201 e. The molecule has 0 aromatic rings. The Bertz CT molecular complexity index is 411. The van der Waals surface area contributed by atoms with E-state index in [4.69, 9.17) is 19.2 Å². The fourth-order valence-electron chi connectivity index (χ4n) is 4.89. The van der Waals surface area contributed by atoms with Gasteiger partial charge < -0.3 is 14.6 Å². The second kappa shape index (κ2) is 4.17. The van der Waals surface area contributed by atoms with Gasteiger partial charge in [0.25, 0.3) is 0 Å². The zero-order valence-electron chi connectivity index (χ0n) is 12.4. The van der Waals surface area contributed by atoms with Crippen molar-refractivity contribution in [1.29, 1.82) is 0 Å². The average molecular weight is 284 g/mol. The monoisotopic (exact) mass is 284 g/mol. The van der Waals surface area contributed by atoms with Crippen molar-refractivity contribution in [2.45, 2.75) is 70.4 Å². The van der Waals surface area contributed by atoms with E-state index in [0.717, 1.165) is 19.3 Å². The molecule has 2 bridgehead atoms. The lowest BCUT2D eigenvalue weighted by Gasteiger charge is -2.59. The van der Waals surface area contributed by atoms with Gasteiger partial charge in [0.1, 0.15) is 0 Å². The molecule has 1 spiro atoms. The fraction of sp³-hybridized carbons (Fsp3) is 1.00. The fourth-order valence-corrected chi connectivity index (χ4v) is 4.89. The van der Waals surface area contributed by atoms with Gasteiger partial charge in [0.05, 0.1) is 0 Å². The van der Waals surface area contributed by atoms with E-state index < -0.39 is 24.0 Å². The summed E-state index contributed by atoms with van der Waals surface area (Å²) >= 11 is 0. The molecule has 4 aliphatic heterocycles. The van der Waals surface area contributed by atoms with Crippen LogP contribution >= 0.6 is 0 Å². The number of ether oxygens (including phenoxy) is 2. The van der Waals surface area contributed by atoms with Gasteiger partial charge in [0, 0.05) is 18.3 Å². The molecule has 4 saturated heterocycles. The highest BCUT2D eigenvalue weighted by atomic mass is 17.3. The molecule has 5 fully saturated rings. The van der Waals surface area contributed by atoms with Gasteiger partial charge in [0.2, 0.25) is 5.79 Å². The van der Waals surface area contributed by atoms with Crippen LogP contribution in [-0.4, -0.2) is 29.1 Å². The molecule has 114 valence electrons. The standard InChI is InChI=1S/C15H24O5/c1-8-4-5-11-9(2)12(16)17-13-15(11)10(8)6-7-14(3,18-13)19-20-15/h8-13,16H,4-7H2,1-3H3/t8-,9-,10?,11+,12+,13?,14+,15?/m1/s1. The van der Waals surface area contributed by atoms with Crippen LogP contribution in [0.3, 0.4) is 0 Å². The summed E-state index contributed by atoms with van der Waals surface area (Å²) in [7, 11) is 0. The predicted molar refractivity (Wildman–Crippen MR) is 69.0 cm³/mol. The highest BCUT2D eigenvalue weighted by molar-refractivity contribution is 5.08. The van der Waals surface area contributed by atoms with Crippen LogP contribution in [0.4, 0.5) is 0 Å². The minimum absolute atomic E-state index is 0.0379. The van der Waals surface area contributed by atoms with Gasteiger partial charge in [-0.3, -0.25) is 0 Å². The first-order valence-corrected chi connectivity index (χ1v) is 7.84. The number of rotatable bonds is 0. The van der Waals surface area contributed by atoms with Crippen LogP contribution in [0.1, 0.15) is 46.5 Å². The normalized spacial score (nSPS) is 61.8. The Balaban J connectivity index is 1.82. The first kappa shape index (κ1) is 13.5. The van der Waals surface area contributed by atoms with Crippen LogP contribution in [0.15, 0.2) is 0 Å². The summed E-state index contributed by atoms with van der Waals surface area (Å²) in [6, 6.07) is 0. The van der Waals surface area contributed by atoms with Crippen molar-refractivity contribution in [2.75, 3.05) is 0 Å².